The fraction of sp³-hybridized carbons (Fsp3) is 0.850. The van der Waals surface area contributed by atoms with Crippen molar-refractivity contribution in [2.45, 2.75) is 76.7 Å². The Morgan fingerprint density at radius 2 is 2.00 bits per heavy atom. The van der Waals surface area contributed by atoms with Crippen LogP contribution in [0.1, 0.15) is 56.6 Å². The number of nitrogens with one attached hydrogen (secondary N) is 1. The Morgan fingerprint density at radius 3 is 2.76 bits per heavy atom. The van der Waals surface area contributed by atoms with Crippen LogP contribution in [0, 0.1) is 0 Å². The molecule has 4 heterocycles. The van der Waals surface area contributed by atoms with Gasteiger partial charge in [0.1, 0.15) is 5.82 Å². The second kappa shape index (κ2) is 11.5. The van der Waals surface area contributed by atoms with E-state index < -0.39 is 0 Å². The minimum atomic E-state index is 0. The van der Waals surface area contributed by atoms with Gasteiger partial charge < -0.3 is 24.3 Å². The van der Waals surface area contributed by atoms with Crippen molar-refractivity contribution in [3.8, 4) is 0 Å². The van der Waals surface area contributed by atoms with Gasteiger partial charge in [-0.3, -0.25) is 4.99 Å². The van der Waals surface area contributed by atoms with E-state index in [2.05, 4.69) is 30.0 Å². The number of aryl methyl sites for hydroxylation is 1. The molecule has 0 amide bonds. The number of fused-ring (bicyclic) bond motifs is 1. The maximum absolute atomic E-state index is 6.13. The lowest BCUT2D eigenvalue weighted by Crippen LogP contribution is -2.47. The van der Waals surface area contributed by atoms with Crippen LogP contribution in [0.3, 0.4) is 0 Å². The molecule has 1 aromatic rings. The molecule has 3 aliphatic heterocycles. The van der Waals surface area contributed by atoms with Gasteiger partial charge in [0.2, 0.25) is 0 Å². The SMILES string of the molecule is CN=C(NCc1nnc2n1CCCC2)N1CCC(OCC2CCCCO2)CC1.I. The zero-order valence-electron chi connectivity index (χ0n) is 17.5. The van der Waals surface area contributed by atoms with Crippen LogP contribution in [-0.4, -0.2) is 71.2 Å². The fourth-order valence-corrected chi connectivity index (χ4v) is 4.41. The summed E-state index contributed by atoms with van der Waals surface area (Å²) < 4.78 is 14.2. The molecule has 0 aliphatic carbocycles. The topological polar surface area (TPSA) is 76.8 Å². The second-order valence-electron chi connectivity index (χ2n) is 8.05. The zero-order valence-corrected chi connectivity index (χ0v) is 19.8. The van der Waals surface area contributed by atoms with Crippen molar-refractivity contribution in [1.82, 2.24) is 25.0 Å². The first kappa shape index (κ1) is 22.7. The normalized spacial score (nSPS) is 23.4. The summed E-state index contributed by atoms with van der Waals surface area (Å²) in [5.41, 5.74) is 0. The standard InChI is InChI=1S/C20H34N6O2.HI/c1-21-20(22-14-19-24-23-18-7-2-4-10-26(18)19)25-11-8-16(9-12-25)28-15-17-6-3-5-13-27-17;/h16-17H,2-15H2,1H3,(H,21,22);1H. The molecule has 0 saturated carbocycles. The molecule has 0 aromatic carbocycles. The van der Waals surface area contributed by atoms with Gasteiger partial charge in [-0.05, 0) is 44.9 Å². The summed E-state index contributed by atoms with van der Waals surface area (Å²) in [6, 6.07) is 0. The maximum atomic E-state index is 6.13. The van der Waals surface area contributed by atoms with Crippen molar-refractivity contribution >= 4 is 29.9 Å². The average Bonchev–Trinajstić information content (AvgIpc) is 3.17. The zero-order chi connectivity index (χ0) is 19.2. The largest absolute Gasteiger partial charge is 0.376 e. The molecule has 0 radical (unpaired) electrons. The predicted molar refractivity (Wildman–Crippen MR) is 123 cm³/mol. The van der Waals surface area contributed by atoms with Crippen LogP contribution in [-0.2, 0) is 29.0 Å². The lowest BCUT2D eigenvalue weighted by Gasteiger charge is -2.35. The number of rotatable bonds is 5. The van der Waals surface area contributed by atoms with E-state index in [4.69, 9.17) is 9.47 Å². The molecule has 0 spiro atoms. The summed E-state index contributed by atoms with van der Waals surface area (Å²) >= 11 is 0. The molecule has 0 bridgehead atoms. The van der Waals surface area contributed by atoms with Gasteiger partial charge in [0.25, 0.3) is 0 Å². The molecule has 164 valence electrons. The van der Waals surface area contributed by atoms with Crippen molar-refractivity contribution in [3.63, 3.8) is 0 Å². The average molecular weight is 518 g/mol. The fourth-order valence-electron chi connectivity index (χ4n) is 4.41. The molecule has 2 saturated heterocycles. The van der Waals surface area contributed by atoms with Gasteiger partial charge in [0.15, 0.2) is 11.8 Å². The number of hydrogen-bond donors (Lipinski definition) is 1. The first-order valence-electron chi connectivity index (χ1n) is 10.9. The Hall–Kier alpha value is -0.940. The summed E-state index contributed by atoms with van der Waals surface area (Å²) in [5.74, 6) is 3.08. The third-order valence-electron chi connectivity index (χ3n) is 6.09. The van der Waals surface area contributed by atoms with Crippen LogP contribution in [0.25, 0.3) is 0 Å². The van der Waals surface area contributed by atoms with Gasteiger partial charge in [0, 0.05) is 39.7 Å². The van der Waals surface area contributed by atoms with Gasteiger partial charge in [-0.2, -0.15) is 0 Å². The van der Waals surface area contributed by atoms with Crippen LogP contribution in [0.2, 0.25) is 0 Å². The number of halogens is 1. The Labute approximate surface area is 190 Å². The van der Waals surface area contributed by atoms with Crippen molar-refractivity contribution in [1.29, 1.82) is 0 Å². The summed E-state index contributed by atoms with van der Waals surface area (Å²) in [7, 11) is 1.85. The number of ether oxygens (including phenoxy) is 2. The molecule has 9 heteroatoms. The summed E-state index contributed by atoms with van der Waals surface area (Å²) in [6.07, 6.45) is 9.79. The Balaban J connectivity index is 0.00000240. The molecule has 3 aliphatic rings. The van der Waals surface area contributed by atoms with E-state index in [-0.39, 0.29) is 24.0 Å². The maximum Gasteiger partial charge on any atom is 0.194 e. The van der Waals surface area contributed by atoms with Gasteiger partial charge >= 0.3 is 0 Å². The summed E-state index contributed by atoms with van der Waals surface area (Å²) in [4.78, 5) is 6.80. The summed E-state index contributed by atoms with van der Waals surface area (Å²) in [6.45, 7) is 5.28. The van der Waals surface area contributed by atoms with E-state index in [1.807, 2.05) is 7.05 Å². The predicted octanol–water partition coefficient (Wildman–Crippen LogP) is 2.36. The third-order valence-corrected chi connectivity index (χ3v) is 6.09. The first-order chi connectivity index (χ1) is 13.8. The Morgan fingerprint density at radius 1 is 1.14 bits per heavy atom. The highest BCUT2D eigenvalue weighted by atomic mass is 127. The first-order valence-corrected chi connectivity index (χ1v) is 10.9. The van der Waals surface area contributed by atoms with Gasteiger partial charge in [-0.15, -0.1) is 34.2 Å². The minimum absolute atomic E-state index is 0. The number of nitrogens with zero attached hydrogens (tertiary/aromatic N) is 5. The minimum Gasteiger partial charge on any atom is -0.376 e. The Kier molecular flexibility index (Phi) is 8.98. The number of piperidine rings is 1. The van der Waals surface area contributed by atoms with Crippen LogP contribution >= 0.6 is 24.0 Å². The number of aliphatic imine (C=N–C) groups is 1. The van der Waals surface area contributed by atoms with Crippen LogP contribution in [0.5, 0.6) is 0 Å². The second-order valence-corrected chi connectivity index (χ2v) is 8.05. The third kappa shape index (κ3) is 6.04. The van der Waals surface area contributed by atoms with E-state index in [1.165, 1.54) is 25.7 Å². The molecular formula is C20H35IN6O2. The molecule has 29 heavy (non-hydrogen) atoms. The molecule has 4 rings (SSSR count). The highest BCUT2D eigenvalue weighted by Gasteiger charge is 2.24. The number of hydrogen-bond acceptors (Lipinski definition) is 5. The van der Waals surface area contributed by atoms with Crippen molar-refractivity contribution in [3.05, 3.63) is 11.6 Å². The summed E-state index contributed by atoms with van der Waals surface area (Å²) in [5, 5.41) is 12.2. The van der Waals surface area contributed by atoms with Gasteiger partial charge in [0.05, 0.1) is 25.4 Å². The van der Waals surface area contributed by atoms with Crippen molar-refractivity contribution in [2.75, 3.05) is 33.4 Å². The van der Waals surface area contributed by atoms with Gasteiger partial charge in [-0.25, -0.2) is 0 Å². The number of likely N-dealkylation sites (tertiary alicyclic amines) is 1. The van der Waals surface area contributed by atoms with E-state index in [1.54, 1.807) is 0 Å². The van der Waals surface area contributed by atoms with E-state index in [0.29, 0.717) is 18.8 Å². The number of aromatic nitrogens is 3. The van der Waals surface area contributed by atoms with E-state index in [0.717, 1.165) is 76.1 Å². The molecule has 1 N–H and O–H groups in total. The number of guanidine groups is 1. The lowest BCUT2D eigenvalue weighted by molar-refractivity contribution is -0.0721. The van der Waals surface area contributed by atoms with Crippen LogP contribution in [0.4, 0.5) is 0 Å². The van der Waals surface area contributed by atoms with E-state index in [9.17, 15) is 0 Å². The highest BCUT2D eigenvalue weighted by Crippen LogP contribution is 2.18. The monoisotopic (exact) mass is 518 g/mol. The molecule has 8 nitrogen and oxygen atoms in total. The molecule has 2 fully saturated rings. The van der Waals surface area contributed by atoms with Crippen molar-refractivity contribution < 1.29 is 9.47 Å². The molecule has 1 aromatic heterocycles. The van der Waals surface area contributed by atoms with Crippen LogP contribution in [0.15, 0.2) is 4.99 Å². The molecule has 1 atom stereocenters. The molecular weight excluding hydrogens is 483 g/mol. The van der Waals surface area contributed by atoms with Crippen molar-refractivity contribution in [2.24, 2.45) is 4.99 Å². The smallest absolute Gasteiger partial charge is 0.194 e. The highest BCUT2D eigenvalue weighted by molar-refractivity contribution is 14.0. The lowest BCUT2D eigenvalue weighted by atomic mass is 10.1. The van der Waals surface area contributed by atoms with Crippen LogP contribution < -0.4 is 5.32 Å². The quantitative estimate of drug-likeness (QED) is 0.367. The van der Waals surface area contributed by atoms with E-state index >= 15 is 0 Å². The molecule has 1 unspecified atom stereocenters. The Bertz CT molecular complexity index is 653. The van der Waals surface area contributed by atoms with Gasteiger partial charge in [-0.1, -0.05) is 0 Å².